The van der Waals surface area contributed by atoms with E-state index < -0.39 is 16.0 Å². The van der Waals surface area contributed by atoms with Gasteiger partial charge >= 0.3 is 5.97 Å². The molecule has 0 radical (unpaired) electrons. The van der Waals surface area contributed by atoms with Crippen molar-refractivity contribution in [3.8, 4) is 22.9 Å². The average molecular weight is 532 g/mol. The van der Waals surface area contributed by atoms with Gasteiger partial charge in [-0.05, 0) is 66.4 Å². The first-order valence-corrected chi connectivity index (χ1v) is 14.2. The fourth-order valence-electron chi connectivity index (χ4n) is 4.79. The molecule has 0 spiro atoms. The van der Waals surface area contributed by atoms with Crippen molar-refractivity contribution in [3.63, 3.8) is 0 Å². The highest BCUT2D eigenvalue weighted by Crippen LogP contribution is 2.30. The zero-order valence-corrected chi connectivity index (χ0v) is 21.8. The van der Waals surface area contributed by atoms with E-state index in [9.17, 15) is 13.2 Å². The van der Waals surface area contributed by atoms with Crippen LogP contribution in [0.15, 0.2) is 71.6 Å². The van der Waals surface area contributed by atoms with Gasteiger partial charge in [-0.25, -0.2) is 13.2 Å². The number of benzene rings is 3. The van der Waals surface area contributed by atoms with Gasteiger partial charge in [0, 0.05) is 26.2 Å². The first kappa shape index (κ1) is 25.9. The quantitative estimate of drug-likeness (QED) is 0.342. The molecular formula is C29H29N3O5S. The number of carbonyl (C=O) groups is 1. The number of hydrogen-bond acceptors (Lipinski definition) is 7. The van der Waals surface area contributed by atoms with Gasteiger partial charge in [0.15, 0.2) is 0 Å². The second-order valence-electron chi connectivity index (χ2n) is 9.35. The summed E-state index contributed by atoms with van der Waals surface area (Å²) in [5.41, 5.74) is 3.27. The van der Waals surface area contributed by atoms with Crippen LogP contribution in [0.1, 0.15) is 35.2 Å². The van der Waals surface area contributed by atoms with E-state index in [4.69, 9.17) is 14.7 Å². The molecule has 5 rings (SSSR count). The lowest BCUT2D eigenvalue weighted by atomic mass is 10.0. The molecule has 2 heterocycles. The SMILES string of the molecule is N#Cc1ccc(-c2ccc(OC(=O)c3cc(S(=O)(=O)N4CCCCC4)ccc3N3CCOCC3)cc2)cc1. The normalized spacial score (nSPS) is 16.6. The average Bonchev–Trinajstić information content (AvgIpc) is 2.98. The molecule has 9 heteroatoms. The summed E-state index contributed by atoms with van der Waals surface area (Å²) in [6.07, 6.45) is 2.68. The molecule has 8 nitrogen and oxygen atoms in total. The minimum Gasteiger partial charge on any atom is -0.423 e. The molecule has 0 amide bonds. The molecule has 0 aliphatic carbocycles. The Kier molecular flexibility index (Phi) is 7.74. The fourth-order valence-corrected chi connectivity index (χ4v) is 6.33. The van der Waals surface area contributed by atoms with Gasteiger partial charge in [-0.1, -0.05) is 30.7 Å². The number of esters is 1. The molecule has 2 fully saturated rings. The van der Waals surface area contributed by atoms with E-state index >= 15 is 0 Å². The van der Waals surface area contributed by atoms with Crippen molar-refractivity contribution in [2.45, 2.75) is 24.2 Å². The van der Waals surface area contributed by atoms with Gasteiger partial charge in [0.1, 0.15) is 5.75 Å². The minimum absolute atomic E-state index is 0.0968. The first-order valence-electron chi connectivity index (χ1n) is 12.8. The Morgan fingerprint density at radius 1 is 0.842 bits per heavy atom. The number of sulfonamides is 1. The lowest BCUT2D eigenvalue weighted by molar-refractivity contribution is 0.0734. The Balaban J connectivity index is 1.42. The number of nitriles is 1. The van der Waals surface area contributed by atoms with Gasteiger partial charge in [-0.15, -0.1) is 0 Å². The van der Waals surface area contributed by atoms with Crippen LogP contribution >= 0.6 is 0 Å². The summed E-state index contributed by atoms with van der Waals surface area (Å²) >= 11 is 0. The van der Waals surface area contributed by atoms with Gasteiger partial charge in [-0.2, -0.15) is 9.57 Å². The zero-order valence-electron chi connectivity index (χ0n) is 21.0. The Hall–Kier alpha value is -3.71. The molecule has 2 aliphatic rings. The van der Waals surface area contributed by atoms with Crippen LogP contribution in [0.25, 0.3) is 11.1 Å². The van der Waals surface area contributed by atoms with Crippen molar-refractivity contribution in [3.05, 3.63) is 77.9 Å². The molecule has 38 heavy (non-hydrogen) atoms. The van der Waals surface area contributed by atoms with Crippen molar-refractivity contribution >= 4 is 21.7 Å². The van der Waals surface area contributed by atoms with Crippen molar-refractivity contribution in [2.75, 3.05) is 44.3 Å². The zero-order chi connectivity index (χ0) is 26.5. The van der Waals surface area contributed by atoms with Crippen LogP contribution in [0.2, 0.25) is 0 Å². The molecule has 0 N–H and O–H groups in total. The largest absolute Gasteiger partial charge is 0.423 e. The van der Waals surface area contributed by atoms with Gasteiger partial charge < -0.3 is 14.4 Å². The van der Waals surface area contributed by atoms with Crippen LogP contribution < -0.4 is 9.64 Å². The number of anilines is 1. The molecule has 2 saturated heterocycles. The van der Waals surface area contributed by atoms with E-state index in [0.29, 0.717) is 56.4 Å². The third-order valence-corrected chi connectivity index (χ3v) is 8.80. The molecule has 3 aromatic carbocycles. The number of piperidine rings is 1. The first-order chi connectivity index (χ1) is 18.5. The van der Waals surface area contributed by atoms with Crippen molar-refractivity contribution < 1.29 is 22.7 Å². The van der Waals surface area contributed by atoms with Crippen molar-refractivity contribution in [1.82, 2.24) is 4.31 Å². The van der Waals surface area contributed by atoms with E-state index in [0.717, 1.165) is 30.4 Å². The van der Waals surface area contributed by atoms with Crippen LogP contribution in [-0.4, -0.2) is 58.1 Å². The maximum Gasteiger partial charge on any atom is 0.345 e. The van der Waals surface area contributed by atoms with E-state index in [1.165, 1.54) is 10.4 Å². The minimum atomic E-state index is -3.72. The Labute approximate surface area is 223 Å². The monoisotopic (exact) mass is 531 g/mol. The Morgan fingerprint density at radius 2 is 1.47 bits per heavy atom. The molecule has 0 unspecified atom stereocenters. The molecule has 0 saturated carbocycles. The summed E-state index contributed by atoms with van der Waals surface area (Å²) in [6, 6.07) is 21.1. The van der Waals surface area contributed by atoms with E-state index in [-0.39, 0.29) is 10.5 Å². The maximum absolute atomic E-state index is 13.4. The number of hydrogen-bond donors (Lipinski definition) is 0. The lowest BCUT2D eigenvalue weighted by Gasteiger charge is -2.31. The smallest absolute Gasteiger partial charge is 0.345 e. The fraction of sp³-hybridized carbons (Fsp3) is 0.310. The second-order valence-corrected chi connectivity index (χ2v) is 11.3. The highest BCUT2D eigenvalue weighted by Gasteiger charge is 2.29. The molecule has 196 valence electrons. The van der Waals surface area contributed by atoms with Gasteiger partial charge in [0.05, 0.1) is 41.0 Å². The number of ether oxygens (including phenoxy) is 2. The third-order valence-electron chi connectivity index (χ3n) is 6.90. The van der Waals surface area contributed by atoms with Gasteiger partial charge in [-0.3, -0.25) is 0 Å². The van der Waals surface area contributed by atoms with E-state index in [1.807, 2.05) is 29.2 Å². The lowest BCUT2D eigenvalue weighted by Crippen LogP contribution is -2.38. The van der Waals surface area contributed by atoms with Crippen molar-refractivity contribution in [1.29, 1.82) is 5.26 Å². The Morgan fingerprint density at radius 3 is 2.11 bits per heavy atom. The molecular weight excluding hydrogens is 502 g/mol. The predicted molar refractivity (Wildman–Crippen MR) is 144 cm³/mol. The molecule has 0 bridgehead atoms. The molecule has 0 aromatic heterocycles. The number of rotatable bonds is 6. The summed E-state index contributed by atoms with van der Waals surface area (Å²) in [5, 5.41) is 9.00. The number of morpholine rings is 1. The van der Waals surface area contributed by atoms with Crippen molar-refractivity contribution in [2.24, 2.45) is 0 Å². The highest BCUT2D eigenvalue weighted by molar-refractivity contribution is 7.89. The molecule has 3 aromatic rings. The summed E-state index contributed by atoms with van der Waals surface area (Å²) in [6.45, 7) is 3.21. The summed E-state index contributed by atoms with van der Waals surface area (Å²) in [5.74, 6) is -0.266. The van der Waals surface area contributed by atoms with Crippen LogP contribution in [-0.2, 0) is 14.8 Å². The summed E-state index contributed by atoms with van der Waals surface area (Å²) < 4.78 is 39.4. The molecule has 2 aliphatic heterocycles. The van der Waals surface area contributed by atoms with Crippen LogP contribution in [0.4, 0.5) is 5.69 Å². The maximum atomic E-state index is 13.4. The van der Waals surface area contributed by atoms with Gasteiger partial charge in [0.2, 0.25) is 10.0 Å². The van der Waals surface area contributed by atoms with Crippen LogP contribution in [0.5, 0.6) is 5.75 Å². The predicted octanol–water partition coefficient (Wildman–Crippen LogP) is 4.46. The second kappa shape index (κ2) is 11.4. The summed E-state index contributed by atoms with van der Waals surface area (Å²) in [4.78, 5) is 15.6. The third kappa shape index (κ3) is 5.58. The van der Waals surface area contributed by atoms with Crippen LogP contribution in [0, 0.1) is 11.3 Å². The highest BCUT2D eigenvalue weighted by atomic mass is 32.2. The van der Waals surface area contributed by atoms with Crippen LogP contribution in [0.3, 0.4) is 0 Å². The van der Waals surface area contributed by atoms with E-state index in [2.05, 4.69) is 6.07 Å². The number of carbonyl (C=O) groups excluding carboxylic acids is 1. The van der Waals surface area contributed by atoms with E-state index in [1.54, 1.807) is 36.4 Å². The standard InChI is InChI=1S/C29H29N3O5S/c30-21-22-4-6-23(7-5-22)24-8-10-25(11-9-24)37-29(33)27-20-26(38(34,35)32-14-2-1-3-15-32)12-13-28(27)31-16-18-36-19-17-31/h4-13,20H,1-3,14-19H2. The topological polar surface area (TPSA) is 99.9 Å². The van der Waals surface area contributed by atoms with Gasteiger partial charge in [0.25, 0.3) is 0 Å². The molecule has 0 atom stereocenters. The Bertz CT molecular complexity index is 1440. The number of nitrogens with zero attached hydrogens (tertiary/aromatic N) is 3. The summed E-state index contributed by atoms with van der Waals surface area (Å²) in [7, 11) is -3.72.